The van der Waals surface area contributed by atoms with E-state index in [1.807, 2.05) is 6.92 Å². The molecule has 0 aliphatic heterocycles. The predicted molar refractivity (Wildman–Crippen MR) is 76.6 cm³/mol. The first-order chi connectivity index (χ1) is 9.54. The Morgan fingerprint density at radius 3 is 2.40 bits per heavy atom. The Morgan fingerprint density at radius 1 is 1.20 bits per heavy atom. The Hall–Kier alpha value is -1.94. The van der Waals surface area contributed by atoms with Crippen molar-refractivity contribution in [2.45, 2.75) is 19.9 Å². The maximum Gasteiger partial charge on any atom is 0.263 e. The van der Waals surface area contributed by atoms with Gasteiger partial charge in [-0.15, -0.1) is 0 Å². The summed E-state index contributed by atoms with van der Waals surface area (Å²) in [5.41, 5.74) is 0.878. The highest BCUT2D eigenvalue weighted by Crippen LogP contribution is 2.19. The number of nitrogens with zero attached hydrogens (tertiary/aromatic N) is 1. The van der Waals surface area contributed by atoms with E-state index in [0.717, 1.165) is 6.42 Å². The molecule has 0 radical (unpaired) electrons. The first kappa shape index (κ1) is 14.5. The third kappa shape index (κ3) is 2.80. The van der Waals surface area contributed by atoms with E-state index in [2.05, 4.69) is 0 Å². The summed E-state index contributed by atoms with van der Waals surface area (Å²) in [4.78, 5) is 23.5. The summed E-state index contributed by atoms with van der Waals surface area (Å²) in [5.74, 6) is -0.342. The van der Waals surface area contributed by atoms with Crippen LogP contribution >= 0.6 is 11.6 Å². The number of hydrogen-bond donors (Lipinski definition) is 0. The molecular formula is C15H13ClFNO2. The Labute approximate surface area is 120 Å². The van der Waals surface area contributed by atoms with Crippen LogP contribution in [0.25, 0.3) is 11.3 Å². The molecular weight excluding hydrogens is 281 g/mol. The fourth-order valence-electron chi connectivity index (χ4n) is 2.05. The smallest absolute Gasteiger partial charge is 0.263 e. The minimum absolute atomic E-state index is 0.0500. The Morgan fingerprint density at radius 2 is 1.85 bits per heavy atom. The molecule has 5 heteroatoms. The van der Waals surface area contributed by atoms with E-state index in [1.54, 1.807) is 18.2 Å². The lowest BCUT2D eigenvalue weighted by molar-refractivity contribution is 0.107. The molecule has 20 heavy (non-hydrogen) atoms. The first-order valence-electron chi connectivity index (χ1n) is 6.24. The van der Waals surface area contributed by atoms with E-state index in [4.69, 9.17) is 11.6 Å². The molecule has 0 atom stereocenters. The summed E-state index contributed by atoms with van der Waals surface area (Å²) in [6.45, 7) is 2.39. The standard InChI is InChI=1S/C15H13ClFNO2/c1-2-9-18-13(10-3-5-11(17)6-4-10)8-7-12(14(16)19)15(18)20/h3-8H,2,9H2,1H3. The fraction of sp³-hybridized carbons (Fsp3) is 0.200. The highest BCUT2D eigenvalue weighted by Gasteiger charge is 2.13. The average molecular weight is 294 g/mol. The van der Waals surface area contributed by atoms with Gasteiger partial charge in [-0.3, -0.25) is 9.59 Å². The van der Waals surface area contributed by atoms with Gasteiger partial charge in [-0.05, 0) is 60.0 Å². The SMILES string of the molecule is CCCn1c(-c2ccc(F)cc2)ccc(C(=O)Cl)c1=O. The zero-order valence-corrected chi connectivity index (χ0v) is 11.7. The van der Waals surface area contributed by atoms with Gasteiger partial charge < -0.3 is 4.57 Å². The molecule has 1 aromatic carbocycles. The quantitative estimate of drug-likeness (QED) is 0.810. The molecule has 1 aromatic heterocycles. The number of pyridine rings is 1. The topological polar surface area (TPSA) is 39.1 Å². The Kier molecular flexibility index (Phi) is 4.35. The Bertz CT molecular complexity index is 692. The monoisotopic (exact) mass is 293 g/mol. The van der Waals surface area contributed by atoms with Gasteiger partial charge in [0.15, 0.2) is 0 Å². The van der Waals surface area contributed by atoms with E-state index in [1.165, 1.54) is 22.8 Å². The van der Waals surface area contributed by atoms with Crippen LogP contribution in [0.3, 0.4) is 0 Å². The van der Waals surface area contributed by atoms with E-state index in [0.29, 0.717) is 17.8 Å². The molecule has 0 N–H and O–H groups in total. The summed E-state index contributed by atoms with van der Waals surface area (Å²) < 4.78 is 14.5. The van der Waals surface area contributed by atoms with Crippen molar-refractivity contribution in [1.82, 2.24) is 4.57 Å². The van der Waals surface area contributed by atoms with Crippen LogP contribution in [0.15, 0.2) is 41.2 Å². The maximum atomic E-state index is 13.0. The number of benzene rings is 1. The summed E-state index contributed by atoms with van der Waals surface area (Å²) in [7, 11) is 0. The van der Waals surface area contributed by atoms with Gasteiger partial charge in [0.2, 0.25) is 0 Å². The molecule has 0 spiro atoms. The maximum absolute atomic E-state index is 13.0. The minimum atomic E-state index is -0.773. The lowest BCUT2D eigenvalue weighted by atomic mass is 10.1. The predicted octanol–water partition coefficient (Wildman–Crippen LogP) is 3.44. The lowest BCUT2D eigenvalue weighted by Gasteiger charge is -2.13. The molecule has 0 unspecified atom stereocenters. The van der Waals surface area contributed by atoms with Gasteiger partial charge in [0.05, 0.1) is 11.3 Å². The molecule has 0 fully saturated rings. The van der Waals surface area contributed by atoms with Gasteiger partial charge in [-0.1, -0.05) is 6.92 Å². The second kappa shape index (κ2) is 6.01. The van der Waals surface area contributed by atoms with E-state index >= 15 is 0 Å². The van der Waals surface area contributed by atoms with Gasteiger partial charge in [0, 0.05) is 6.54 Å². The van der Waals surface area contributed by atoms with Gasteiger partial charge in [-0.2, -0.15) is 0 Å². The molecule has 3 nitrogen and oxygen atoms in total. The van der Waals surface area contributed by atoms with Crippen LogP contribution in [-0.4, -0.2) is 9.81 Å². The Balaban J connectivity index is 2.64. The van der Waals surface area contributed by atoms with Crippen molar-refractivity contribution in [1.29, 1.82) is 0 Å². The van der Waals surface area contributed by atoms with Crippen molar-refractivity contribution in [2.24, 2.45) is 0 Å². The minimum Gasteiger partial charge on any atom is -0.308 e. The van der Waals surface area contributed by atoms with Crippen LogP contribution < -0.4 is 5.56 Å². The van der Waals surface area contributed by atoms with Crippen LogP contribution in [0, 0.1) is 5.82 Å². The van der Waals surface area contributed by atoms with Crippen molar-refractivity contribution in [2.75, 3.05) is 0 Å². The third-order valence-corrected chi connectivity index (χ3v) is 3.18. The fourth-order valence-corrected chi connectivity index (χ4v) is 2.19. The second-order valence-corrected chi connectivity index (χ2v) is 4.71. The van der Waals surface area contributed by atoms with Crippen LogP contribution in [0.5, 0.6) is 0 Å². The van der Waals surface area contributed by atoms with E-state index in [-0.39, 0.29) is 11.4 Å². The van der Waals surface area contributed by atoms with Crippen molar-refractivity contribution in [3.8, 4) is 11.3 Å². The van der Waals surface area contributed by atoms with Crippen LogP contribution in [-0.2, 0) is 6.54 Å². The molecule has 0 aliphatic rings. The molecule has 2 rings (SSSR count). The zero-order chi connectivity index (χ0) is 14.7. The van der Waals surface area contributed by atoms with Crippen LogP contribution in [0.4, 0.5) is 4.39 Å². The number of carbonyl (C=O) groups excluding carboxylic acids is 1. The molecule has 0 aliphatic carbocycles. The summed E-state index contributed by atoms with van der Waals surface area (Å²) in [6.07, 6.45) is 0.730. The normalized spacial score (nSPS) is 10.6. The van der Waals surface area contributed by atoms with Crippen molar-refractivity contribution >= 4 is 16.8 Å². The zero-order valence-electron chi connectivity index (χ0n) is 10.9. The average Bonchev–Trinajstić information content (AvgIpc) is 2.42. The van der Waals surface area contributed by atoms with Crippen molar-refractivity contribution in [3.63, 3.8) is 0 Å². The molecule has 2 aromatic rings. The molecule has 0 saturated heterocycles. The van der Waals surface area contributed by atoms with Gasteiger partial charge in [-0.25, -0.2) is 4.39 Å². The largest absolute Gasteiger partial charge is 0.308 e. The number of hydrogen-bond acceptors (Lipinski definition) is 2. The summed E-state index contributed by atoms with van der Waals surface area (Å²) in [5, 5.41) is -0.773. The second-order valence-electron chi connectivity index (χ2n) is 4.37. The van der Waals surface area contributed by atoms with Gasteiger partial charge >= 0.3 is 0 Å². The van der Waals surface area contributed by atoms with Crippen molar-refractivity contribution < 1.29 is 9.18 Å². The molecule has 0 saturated carbocycles. The lowest BCUT2D eigenvalue weighted by Crippen LogP contribution is -2.26. The molecule has 0 bridgehead atoms. The van der Waals surface area contributed by atoms with E-state index < -0.39 is 10.8 Å². The number of rotatable bonds is 4. The molecule has 1 heterocycles. The van der Waals surface area contributed by atoms with E-state index in [9.17, 15) is 14.0 Å². The summed E-state index contributed by atoms with van der Waals surface area (Å²) in [6, 6.07) is 8.91. The number of halogens is 2. The number of aromatic nitrogens is 1. The highest BCUT2D eigenvalue weighted by atomic mass is 35.5. The van der Waals surface area contributed by atoms with Crippen LogP contribution in [0.1, 0.15) is 23.7 Å². The summed E-state index contributed by atoms with van der Waals surface area (Å²) >= 11 is 5.40. The van der Waals surface area contributed by atoms with Gasteiger partial charge in [0.1, 0.15) is 5.82 Å². The van der Waals surface area contributed by atoms with Crippen LogP contribution in [0.2, 0.25) is 0 Å². The number of carbonyl (C=O) groups is 1. The van der Waals surface area contributed by atoms with Gasteiger partial charge in [0.25, 0.3) is 10.8 Å². The third-order valence-electron chi connectivity index (χ3n) is 2.97. The first-order valence-corrected chi connectivity index (χ1v) is 6.62. The highest BCUT2D eigenvalue weighted by molar-refractivity contribution is 6.67. The van der Waals surface area contributed by atoms with Crippen molar-refractivity contribution in [3.05, 3.63) is 58.1 Å². The molecule has 0 amide bonds. The molecule has 104 valence electrons.